The van der Waals surface area contributed by atoms with Crippen LogP contribution in [-0.2, 0) is 14.3 Å². The summed E-state index contributed by atoms with van der Waals surface area (Å²) >= 11 is 1.37. The quantitative estimate of drug-likeness (QED) is 0.156. The number of likely N-dealkylation sites (N-methyl/N-ethyl adjacent to an activating group) is 1. The van der Waals surface area contributed by atoms with Gasteiger partial charge in [0.05, 0.1) is 18.7 Å². The number of carbonyl (C=O) groups is 1. The number of alkyl halides is 2. The van der Waals surface area contributed by atoms with Crippen molar-refractivity contribution in [1.29, 1.82) is 0 Å². The third-order valence-electron chi connectivity index (χ3n) is 6.74. The number of nitrogens with one attached hydrogen (secondary N) is 3. The maximum atomic E-state index is 13.6. The summed E-state index contributed by atoms with van der Waals surface area (Å²) in [5.74, 6) is 19.4. The lowest BCUT2D eigenvalue weighted by molar-refractivity contribution is -0.117. The highest BCUT2D eigenvalue weighted by Crippen LogP contribution is 2.32. The molecule has 1 amide bonds. The van der Waals surface area contributed by atoms with E-state index in [1.54, 1.807) is 6.08 Å². The lowest BCUT2D eigenvalue weighted by Crippen LogP contribution is -2.37. The molecule has 0 aromatic rings. The van der Waals surface area contributed by atoms with Crippen LogP contribution in [0.1, 0.15) is 25.7 Å². The van der Waals surface area contributed by atoms with Crippen molar-refractivity contribution in [2.75, 3.05) is 39.8 Å². The third kappa shape index (κ3) is 8.02. The number of halogens is 2. The van der Waals surface area contributed by atoms with Crippen LogP contribution < -0.4 is 21.9 Å². The molecule has 0 aromatic carbocycles. The summed E-state index contributed by atoms with van der Waals surface area (Å²) in [5, 5.41) is 5.26. The number of methoxy groups -OCH3 is 1. The Kier molecular flexibility index (Phi) is 10.4. The Labute approximate surface area is 232 Å². The molecule has 2 fully saturated rings. The molecule has 0 spiro atoms. The Morgan fingerprint density at radius 2 is 2.03 bits per heavy atom. The molecule has 1 saturated carbocycles. The smallest absolute Gasteiger partial charge is 0.261 e. The summed E-state index contributed by atoms with van der Waals surface area (Å²) in [4.78, 5) is 15.3. The molecule has 3 aliphatic heterocycles. The van der Waals surface area contributed by atoms with Gasteiger partial charge in [0.2, 0.25) is 5.91 Å². The summed E-state index contributed by atoms with van der Waals surface area (Å²) in [6, 6.07) is -1.21. The fraction of sp³-hybridized carbons (Fsp3) is 0.536. The van der Waals surface area contributed by atoms with E-state index < -0.39 is 12.5 Å². The number of hydrogen-bond donors (Lipinski definition) is 4. The zero-order valence-electron chi connectivity index (χ0n) is 22.2. The fourth-order valence-corrected chi connectivity index (χ4v) is 4.90. The number of amides is 1. The predicted octanol–water partition coefficient (Wildman–Crippen LogP) is 2.20. The molecule has 0 radical (unpaired) electrons. The molecule has 1 aliphatic carbocycles. The molecule has 5 N–H and O–H groups in total. The second-order valence-corrected chi connectivity index (χ2v) is 10.8. The predicted molar refractivity (Wildman–Crippen MR) is 147 cm³/mol. The van der Waals surface area contributed by atoms with Crippen molar-refractivity contribution in [3.8, 4) is 23.7 Å². The van der Waals surface area contributed by atoms with Crippen LogP contribution in [0.3, 0.4) is 0 Å². The molecule has 2 unspecified atom stereocenters. The summed E-state index contributed by atoms with van der Waals surface area (Å²) in [6.45, 7) is 1.62. The number of hydrazine groups is 1. The minimum absolute atomic E-state index is 0.227. The lowest BCUT2D eigenvalue weighted by Gasteiger charge is -2.30. The van der Waals surface area contributed by atoms with Gasteiger partial charge in [-0.2, -0.15) is 0 Å². The Balaban J connectivity index is 1.61. The zero-order chi connectivity index (χ0) is 27.8. The van der Waals surface area contributed by atoms with Crippen molar-refractivity contribution in [1.82, 2.24) is 21.0 Å². The molecule has 4 aliphatic rings. The van der Waals surface area contributed by atoms with Gasteiger partial charge in [0.25, 0.3) is 6.43 Å². The van der Waals surface area contributed by atoms with Gasteiger partial charge in [-0.25, -0.2) is 14.2 Å². The van der Waals surface area contributed by atoms with Crippen molar-refractivity contribution in [3.63, 3.8) is 0 Å². The molecule has 2 atom stereocenters. The van der Waals surface area contributed by atoms with Crippen molar-refractivity contribution in [2.24, 2.45) is 17.7 Å². The first-order valence-electron chi connectivity index (χ1n) is 13.0. The first-order chi connectivity index (χ1) is 18.9. The van der Waals surface area contributed by atoms with Crippen LogP contribution in [0.5, 0.6) is 0 Å². The number of dihydropyridines is 1. The molecule has 1 saturated heterocycles. The van der Waals surface area contributed by atoms with Crippen molar-refractivity contribution >= 4 is 17.7 Å². The zero-order valence-corrected chi connectivity index (χ0v) is 23.0. The van der Waals surface area contributed by atoms with Crippen LogP contribution in [0.25, 0.3) is 0 Å². The van der Waals surface area contributed by atoms with Gasteiger partial charge in [0, 0.05) is 56.0 Å². The highest BCUT2D eigenvalue weighted by Gasteiger charge is 2.30. The highest BCUT2D eigenvalue weighted by molar-refractivity contribution is 8.00. The van der Waals surface area contributed by atoms with Gasteiger partial charge in [-0.15, -0.1) is 11.8 Å². The minimum Gasteiger partial charge on any atom is -0.495 e. The number of allylic oxidation sites excluding steroid dienone is 3. The van der Waals surface area contributed by atoms with Gasteiger partial charge < -0.3 is 25.0 Å². The number of thioether (sulfide) groups is 1. The SMILES string of the molecule is COC1=CNC(C(F)F)C=C1C1=C(C(=O)NCSC(C#CC2CC2)NN)CN(C)C(C#CC2CCOCC2)=C1. The van der Waals surface area contributed by atoms with Crippen LogP contribution in [0.4, 0.5) is 8.78 Å². The molecule has 8 nitrogen and oxygen atoms in total. The molecular weight excluding hydrogens is 524 g/mol. The number of nitrogens with two attached hydrogens (primary N) is 1. The standard InChI is InChI=1S/C28H35F2N5O3S/c1-35-16-23(28(36)33-17-39-26(34-31)8-6-18-3-4-18)21(13-20(35)7-5-19-9-11-38-12-10-19)22-14-24(27(29)30)32-15-25(22)37-2/h13-15,18-19,24,26-27,32,34H,3-4,9-12,16-17,31H2,1-2H3,(H,33,36). The first-order valence-corrected chi connectivity index (χ1v) is 14.1. The number of rotatable bonds is 8. The second-order valence-electron chi connectivity index (χ2n) is 9.68. The maximum absolute atomic E-state index is 13.6. The van der Waals surface area contributed by atoms with E-state index in [4.69, 9.17) is 15.3 Å². The van der Waals surface area contributed by atoms with E-state index in [1.807, 2.05) is 11.9 Å². The monoisotopic (exact) mass is 559 g/mol. The second kappa shape index (κ2) is 13.9. The van der Waals surface area contributed by atoms with E-state index in [9.17, 15) is 13.6 Å². The number of nitrogens with zero attached hydrogens (tertiary/aromatic N) is 1. The molecule has 0 aromatic heterocycles. The van der Waals surface area contributed by atoms with Crippen LogP contribution in [0.2, 0.25) is 0 Å². The van der Waals surface area contributed by atoms with E-state index in [0.29, 0.717) is 47.3 Å². The summed E-state index contributed by atoms with van der Waals surface area (Å²) in [7, 11) is 3.32. The van der Waals surface area contributed by atoms with Crippen LogP contribution in [0.15, 0.2) is 46.5 Å². The van der Waals surface area contributed by atoms with Crippen molar-refractivity contribution in [3.05, 3.63) is 46.5 Å². The Morgan fingerprint density at radius 1 is 1.28 bits per heavy atom. The molecule has 4 rings (SSSR count). The highest BCUT2D eigenvalue weighted by atomic mass is 32.2. The molecular formula is C28H35F2N5O3S. The van der Waals surface area contributed by atoms with Gasteiger partial charge in [-0.05, 0) is 49.3 Å². The number of hydrogen-bond acceptors (Lipinski definition) is 8. The number of ether oxygens (including phenoxy) is 2. The summed E-state index contributed by atoms with van der Waals surface area (Å²) < 4.78 is 38.2. The lowest BCUT2D eigenvalue weighted by atomic mass is 9.90. The fourth-order valence-electron chi connectivity index (χ4n) is 4.27. The van der Waals surface area contributed by atoms with Gasteiger partial charge >= 0.3 is 0 Å². The van der Waals surface area contributed by atoms with Crippen molar-refractivity contribution in [2.45, 2.75) is 43.5 Å². The third-order valence-corrected chi connectivity index (χ3v) is 7.64. The average molecular weight is 560 g/mol. The topological polar surface area (TPSA) is 101 Å². The van der Waals surface area contributed by atoms with Gasteiger partial charge in [-0.1, -0.05) is 17.8 Å². The summed E-state index contributed by atoms with van der Waals surface area (Å²) in [5.41, 5.74) is 4.72. The molecule has 0 bridgehead atoms. The normalized spacial score (nSPS) is 22.4. The maximum Gasteiger partial charge on any atom is 0.261 e. The van der Waals surface area contributed by atoms with Crippen LogP contribution >= 0.6 is 11.8 Å². The minimum atomic E-state index is -2.63. The first kappa shape index (κ1) is 29.0. The van der Waals surface area contributed by atoms with E-state index in [0.717, 1.165) is 25.7 Å². The summed E-state index contributed by atoms with van der Waals surface area (Å²) in [6.07, 6.45) is 5.94. The molecule has 3 heterocycles. The molecule has 11 heteroatoms. The largest absolute Gasteiger partial charge is 0.495 e. The average Bonchev–Trinajstić information content (AvgIpc) is 3.78. The van der Waals surface area contributed by atoms with Gasteiger partial charge in [0.1, 0.15) is 17.2 Å². The van der Waals surface area contributed by atoms with E-state index in [2.05, 4.69) is 39.7 Å². The van der Waals surface area contributed by atoms with Gasteiger partial charge in [0.15, 0.2) is 0 Å². The Hall–Kier alpha value is -2.96. The van der Waals surface area contributed by atoms with Gasteiger partial charge in [-0.3, -0.25) is 10.6 Å². The van der Waals surface area contributed by atoms with Crippen molar-refractivity contribution < 1.29 is 23.0 Å². The van der Waals surface area contributed by atoms with Crippen LogP contribution in [0, 0.1) is 35.5 Å². The molecule has 39 heavy (non-hydrogen) atoms. The Morgan fingerprint density at radius 3 is 2.69 bits per heavy atom. The Bertz CT molecular complexity index is 1170. The van der Waals surface area contributed by atoms with E-state index in [1.165, 1.54) is 31.1 Å². The molecule has 210 valence electrons. The van der Waals surface area contributed by atoms with Crippen LogP contribution in [-0.4, -0.2) is 68.4 Å². The van der Waals surface area contributed by atoms with E-state index in [-0.39, 0.29) is 29.6 Å². The number of carbonyl (C=O) groups excluding carboxylic acids is 1. The van der Waals surface area contributed by atoms with E-state index >= 15 is 0 Å².